The monoisotopic (exact) mass is 325 g/mol. The number of hydrogen-bond donors (Lipinski definition) is 1. The van der Waals surface area contributed by atoms with E-state index in [1.165, 1.54) is 11.3 Å². The quantitative estimate of drug-likeness (QED) is 0.587. The van der Waals surface area contributed by atoms with Crippen LogP contribution in [0.3, 0.4) is 0 Å². The Bertz CT molecular complexity index is 1050. The van der Waals surface area contributed by atoms with Gasteiger partial charge < -0.3 is 9.73 Å². The number of nitrogens with one attached hydrogen (secondary N) is 1. The molecule has 7 heteroatoms. The maximum Gasteiger partial charge on any atom is 0.349 e. The van der Waals surface area contributed by atoms with Crippen molar-refractivity contribution < 1.29 is 9.21 Å². The minimum atomic E-state index is -0.646. The van der Waals surface area contributed by atoms with Gasteiger partial charge in [0.15, 0.2) is 4.96 Å². The first-order chi connectivity index (χ1) is 11.2. The van der Waals surface area contributed by atoms with Crippen LogP contribution in [0.2, 0.25) is 0 Å². The molecule has 0 saturated carbocycles. The normalized spacial score (nSPS) is 11.1. The third kappa shape index (κ3) is 2.51. The number of thiazole rings is 1. The van der Waals surface area contributed by atoms with Crippen LogP contribution in [0.5, 0.6) is 0 Å². The number of carbonyl (C=O) groups is 1. The lowest BCUT2D eigenvalue weighted by Gasteiger charge is -2.03. The van der Waals surface area contributed by atoms with E-state index in [0.717, 1.165) is 10.7 Å². The first kappa shape index (κ1) is 13.7. The first-order valence-corrected chi connectivity index (χ1v) is 7.81. The van der Waals surface area contributed by atoms with Crippen LogP contribution in [-0.2, 0) is 6.54 Å². The molecule has 0 aliphatic heterocycles. The molecule has 6 nitrogen and oxygen atoms in total. The van der Waals surface area contributed by atoms with Crippen LogP contribution in [0.25, 0.3) is 15.9 Å². The van der Waals surface area contributed by atoms with Gasteiger partial charge in [0.25, 0.3) is 5.91 Å². The average molecular weight is 325 g/mol. The summed E-state index contributed by atoms with van der Waals surface area (Å²) in [4.78, 5) is 29.4. The second kappa shape index (κ2) is 5.36. The smallest absolute Gasteiger partial charge is 0.349 e. The number of carbonyl (C=O) groups excluding carboxylic acids is 1. The molecule has 1 amide bonds. The van der Waals surface area contributed by atoms with Crippen LogP contribution in [0, 0.1) is 0 Å². The fourth-order valence-electron chi connectivity index (χ4n) is 2.35. The zero-order valence-corrected chi connectivity index (χ0v) is 12.7. The highest BCUT2D eigenvalue weighted by molar-refractivity contribution is 7.15. The zero-order chi connectivity index (χ0) is 15.8. The van der Waals surface area contributed by atoms with E-state index in [1.807, 2.05) is 28.2 Å². The van der Waals surface area contributed by atoms with Gasteiger partial charge in [0.1, 0.15) is 11.1 Å². The van der Waals surface area contributed by atoms with Crippen LogP contribution >= 0.6 is 11.3 Å². The molecule has 0 aliphatic carbocycles. The SMILES string of the molecule is O=C(NCc1cn2ccsc2n1)c1cc2ccccc2oc1=O. The number of hydrogen-bond acceptors (Lipinski definition) is 5. The summed E-state index contributed by atoms with van der Waals surface area (Å²) in [5.74, 6) is -0.471. The summed E-state index contributed by atoms with van der Waals surface area (Å²) < 4.78 is 7.05. The predicted molar refractivity (Wildman–Crippen MR) is 86.7 cm³/mol. The lowest BCUT2D eigenvalue weighted by molar-refractivity contribution is 0.0947. The summed E-state index contributed by atoms with van der Waals surface area (Å²) in [5, 5.41) is 5.34. The molecule has 3 aromatic heterocycles. The molecule has 1 N–H and O–H groups in total. The molecule has 0 saturated heterocycles. The minimum Gasteiger partial charge on any atom is -0.422 e. The standard InChI is InChI=1S/C16H11N3O3S/c20-14(17-8-11-9-19-5-6-23-16(19)18-11)12-7-10-3-1-2-4-13(10)22-15(12)21/h1-7,9H,8H2,(H,17,20). The Morgan fingerprint density at radius 2 is 2.22 bits per heavy atom. The fraction of sp³-hybridized carbons (Fsp3) is 0.0625. The molecule has 0 bridgehead atoms. The number of fused-ring (bicyclic) bond motifs is 2. The van der Waals surface area contributed by atoms with Crippen molar-refractivity contribution in [1.29, 1.82) is 0 Å². The van der Waals surface area contributed by atoms with Gasteiger partial charge in [-0.15, -0.1) is 11.3 Å². The number of rotatable bonds is 3. The van der Waals surface area contributed by atoms with Gasteiger partial charge >= 0.3 is 5.63 Å². The van der Waals surface area contributed by atoms with Gasteiger partial charge in [-0.3, -0.25) is 9.20 Å². The topological polar surface area (TPSA) is 76.6 Å². The predicted octanol–water partition coefficient (Wildman–Crippen LogP) is 2.43. The minimum absolute atomic E-state index is 0.00952. The Hall–Kier alpha value is -2.93. The molecule has 0 aliphatic rings. The Balaban J connectivity index is 1.57. The summed E-state index contributed by atoms with van der Waals surface area (Å²) in [5.41, 5.74) is 0.538. The number of benzene rings is 1. The molecule has 114 valence electrons. The lowest BCUT2D eigenvalue weighted by atomic mass is 10.2. The van der Waals surface area contributed by atoms with E-state index < -0.39 is 11.5 Å². The second-order valence-electron chi connectivity index (χ2n) is 4.99. The molecule has 0 atom stereocenters. The molecule has 4 aromatic rings. The molecular formula is C16H11N3O3S. The Kier molecular flexibility index (Phi) is 3.20. The summed E-state index contributed by atoms with van der Waals surface area (Å²) in [6, 6.07) is 8.62. The van der Waals surface area contributed by atoms with Gasteiger partial charge in [0.05, 0.1) is 12.2 Å². The maximum atomic E-state index is 12.2. The summed E-state index contributed by atoms with van der Waals surface area (Å²) in [6.45, 7) is 0.250. The van der Waals surface area contributed by atoms with Crippen LogP contribution in [0.1, 0.15) is 16.1 Å². The molecule has 0 fully saturated rings. The maximum absolute atomic E-state index is 12.2. The molecule has 0 unspecified atom stereocenters. The molecule has 3 heterocycles. The highest BCUT2D eigenvalue weighted by Gasteiger charge is 2.14. The van der Waals surface area contributed by atoms with E-state index >= 15 is 0 Å². The number of nitrogens with zero attached hydrogens (tertiary/aromatic N) is 2. The molecule has 4 rings (SSSR count). The Labute approximate surface area is 134 Å². The van der Waals surface area contributed by atoms with Crippen molar-refractivity contribution in [3.05, 3.63) is 69.8 Å². The van der Waals surface area contributed by atoms with Crippen molar-refractivity contribution in [3.63, 3.8) is 0 Å². The third-order valence-electron chi connectivity index (χ3n) is 3.46. The van der Waals surface area contributed by atoms with E-state index in [1.54, 1.807) is 24.3 Å². The van der Waals surface area contributed by atoms with E-state index in [0.29, 0.717) is 11.0 Å². The van der Waals surface area contributed by atoms with Crippen LogP contribution in [0.4, 0.5) is 0 Å². The molecule has 23 heavy (non-hydrogen) atoms. The third-order valence-corrected chi connectivity index (χ3v) is 4.23. The molecule has 0 radical (unpaired) electrons. The summed E-state index contributed by atoms with van der Waals surface area (Å²) in [6.07, 6.45) is 3.74. The van der Waals surface area contributed by atoms with Crippen molar-refractivity contribution in [2.45, 2.75) is 6.54 Å². The van der Waals surface area contributed by atoms with Gasteiger partial charge in [-0.05, 0) is 12.1 Å². The highest BCUT2D eigenvalue weighted by atomic mass is 32.1. The first-order valence-electron chi connectivity index (χ1n) is 6.93. The average Bonchev–Trinajstić information content (AvgIpc) is 3.13. The fourth-order valence-corrected chi connectivity index (χ4v) is 3.07. The number of imidazole rings is 1. The zero-order valence-electron chi connectivity index (χ0n) is 11.9. The number of para-hydroxylation sites is 1. The summed E-state index contributed by atoms with van der Waals surface area (Å²) >= 11 is 1.52. The van der Waals surface area contributed by atoms with E-state index in [9.17, 15) is 9.59 Å². The van der Waals surface area contributed by atoms with Gasteiger partial charge in [-0.25, -0.2) is 9.78 Å². The largest absolute Gasteiger partial charge is 0.422 e. The highest BCUT2D eigenvalue weighted by Crippen LogP contribution is 2.13. The molecule has 0 spiro atoms. The summed E-state index contributed by atoms with van der Waals surface area (Å²) in [7, 11) is 0. The van der Waals surface area contributed by atoms with Gasteiger partial charge in [0, 0.05) is 23.2 Å². The molecular weight excluding hydrogens is 314 g/mol. The van der Waals surface area contributed by atoms with Gasteiger partial charge in [0.2, 0.25) is 0 Å². The van der Waals surface area contributed by atoms with Crippen molar-refractivity contribution in [2.24, 2.45) is 0 Å². The van der Waals surface area contributed by atoms with E-state index in [4.69, 9.17) is 4.42 Å². The van der Waals surface area contributed by atoms with Crippen LogP contribution in [0.15, 0.2) is 57.3 Å². The van der Waals surface area contributed by atoms with Gasteiger partial charge in [-0.2, -0.15) is 0 Å². The van der Waals surface area contributed by atoms with Crippen molar-refractivity contribution >= 4 is 33.2 Å². The number of aromatic nitrogens is 2. The number of amides is 1. The van der Waals surface area contributed by atoms with Crippen molar-refractivity contribution in [3.8, 4) is 0 Å². The van der Waals surface area contributed by atoms with Gasteiger partial charge in [-0.1, -0.05) is 18.2 Å². The van der Waals surface area contributed by atoms with E-state index in [-0.39, 0.29) is 12.1 Å². The van der Waals surface area contributed by atoms with E-state index in [2.05, 4.69) is 10.3 Å². The Morgan fingerprint density at radius 1 is 1.35 bits per heavy atom. The van der Waals surface area contributed by atoms with Crippen LogP contribution in [-0.4, -0.2) is 15.3 Å². The molecule has 1 aromatic carbocycles. The second-order valence-corrected chi connectivity index (χ2v) is 5.87. The van der Waals surface area contributed by atoms with Crippen molar-refractivity contribution in [2.75, 3.05) is 0 Å². The lowest BCUT2D eigenvalue weighted by Crippen LogP contribution is -2.27. The Morgan fingerprint density at radius 3 is 3.09 bits per heavy atom. The van der Waals surface area contributed by atoms with Crippen LogP contribution < -0.4 is 10.9 Å². The van der Waals surface area contributed by atoms with Crippen molar-refractivity contribution in [1.82, 2.24) is 14.7 Å².